The van der Waals surface area contributed by atoms with Crippen LogP contribution in [0, 0.1) is 0 Å². The topological polar surface area (TPSA) is 38.1 Å². The number of nitrogens with zero attached hydrogens (tertiary/aromatic N) is 1. The second-order valence-corrected chi connectivity index (χ2v) is 3.13. The zero-order valence-corrected chi connectivity index (χ0v) is 7.36. The molecule has 4 heteroatoms. The van der Waals surface area contributed by atoms with Crippen LogP contribution in [0.15, 0.2) is 16.8 Å². The molecule has 11 heavy (non-hydrogen) atoms. The van der Waals surface area contributed by atoms with Gasteiger partial charge >= 0.3 is 0 Å². The summed E-state index contributed by atoms with van der Waals surface area (Å²) in [6, 6.07) is 1.87. The first-order chi connectivity index (χ1) is 5.43. The highest BCUT2D eigenvalue weighted by Crippen LogP contribution is 1.95. The van der Waals surface area contributed by atoms with E-state index in [4.69, 9.17) is 4.52 Å². The number of thioether (sulfide) groups is 1. The van der Waals surface area contributed by atoms with Gasteiger partial charge in [-0.15, -0.1) is 0 Å². The van der Waals surface area contributed by atoms with Crippen molar-refractivity contribution in [1.29, 1.82) is 0 Å². The lowest BCUT2D eigenvalue weighted by molar-refractivity contribution is 0.374. The van der Waals surface area contributed by atoms with Crippen molar-refractivity contribution < 1.29 is 4.52 Å². The molecule has 0 atom stereocenters. The van der Waals surface area contributed by atoms with Crippen LogP contribution in [0.2, 0.25) is 0 Å². The molecule has 0 bridgehead atoms. The Morgan fingerprint density at radius 2 is 2.64 bits per heavy atom. The van der Waals surface area contributed by atoms with Gasteiger partial charge in [-0.2, -0.15) is 11.8 Å². The number of hydrogen-bond donors (Lipinski definition) is 1. The maximum atomic E-state index is 4.89. The van der Waals surface area contributed by atoms with Crippen LogP contribution in [-0.4, -0.2) is 23.7 Å². The summed E-state index contributed by atoms with van der Waals surface area (Å²) in [6.07, 6.45) is 3.75. The van der Waals surface area contributed by atoms with Crippen LogP contribution in [-0.2, 0) is 6.54 Å². The molecule has 0 spiro atoms. The van der Waals surface area contributed by atoms with E-state index in [1.807, 2.05) is 17.8 Å². The van der Waals surface area contributed by atoms with Gasteiger partial charge in [0.1, 0.15) is 5.76 Å². The highest BCUT2D eigenvalue weighted by atomic mass is 32.2. The zero-order chi connectivity index (χ0) is 7.94. The molecule has 1 N–H and O–H groups in total. The van der Waals surface area contributed by atoms with Crippen LogP contribution in [0.5, 0.6) is 0 Å². The summed E-state index contributed by atoms with van der Waals surface area (Å²) >= 11 is 1.83. The Bertz CT molecular complexity index is 177. The largest absolute Gasteiger partial charge is 0.360 e. The van der Waals surface area contributed by atoms with E-state index in [1.54, 1.807) is 6.20 Å². The highest BCUT2D eigenvalue weighted by Gasteiger charge is 1.93. The number of aromatic nitrogens is 1. The van der Waals surface area contributed by atoms with E-state index < -0.39 is 0 Å². The Balaban J connectivity index is 2.04. The minimum Gasteiger partial charge on any atom is -0.360 e. The van der Waals surface area contributed by atoms with E-state index in [0.29, 0.717) is 0 Å². The Hall–Kier alpha value is -0.480. The highest BCUT2D eigenvalue weighted by molar-refractivity contribution is 7.98. The van der Waals surface area contributed by atoms with Crippen LogP contribution >= 0.6 is 11.8 Å². The van der Waals surface area contributed by atoms with Crippen LogP contribution in [0.3, 0.4) is 0 Å². The van der Waals surface area contributed by atoms with E-state index in [0.717, 1.165) is 24.6 Å². The summed E-state index contributed by atoms with van der Waals surface area (Å²) < 4.78 is 4.89. The number of hydrogen-bond acceptors (Lipinski definition) is 4. The molecule has 0 fully saturated rings. The Labute approximate surface area is 70.5 Å². The third-order valence-electron chi connectivity index (χ3n) is 1.27. The molecule has 0 radical (unpaired) electrons. The van der Waals surface area contributed by atoms with Gasteiger partial charge in [-0.05, 0) is 6.26 Å². The van der Waals surface area contributed by atoms with Gasteiger partial charge in [0.15, 0.2) is 0 Å². The predicted octanol–water partition coefficient (Wildman–Crippen LogP) is 1.13. The summed E-state index contributed by atoms with van der Waals surface area (Å²) in [5, 5.41) is 6.83. The summed E-state index contributed by atoms with van der Waals surface area (Å²) in [5.74, 6) is 2.03. The van der Waals surface area contributed by atoms with Gasteiger partial charge in [-0.1, -0.05) is 5.16 Å². The lowest BCUT2D eigenvalue weighted by atomic mass is 10.4. The molecule has 0 aromatic carbocycles. The number of nitrogens with one attached hydrogen (secondary N) is 1. The minimum absolute atomic E-state index is 0.778. The van der Waals surface area contributed by atoms with Crippen LogP contribution in [0.4, 0.5) is 0 Å². The molecule has 1 heterocycles. The first kappa shape index (κ1) is 8.62. The van der Waals surface area contributed by atoms with Gasteiger partial charge in [-0.3, -0.25) is 0 Å². The van der Waals surface area contributed by atoms with Gasteiger partial charge in [0.25, 0.3) is 0 Å². The van der Waals surface area contributed by atoms with Gasteiger partial charge in [0.05, 0.1) is 12.7 Å². The molecule has 0 saturated carbocycles. The molecule has 1 aromatic rings. The van der Waals surface area contributed by atoms with Gasteiger partial charge in [0, 0.05) is 18.4 Å². The summed E-state index contributed by atoms with van der Waals surface area (Å²) in [6.45, 7) is 1.79. The second-order valence-electron chi connectivity index (χ2n) is 2.15. The monoisotopic (exact) mass is 172 g/mol. The fourth-order valence-corrected chi connectivity index (χ4v) is 1.07. The van der Waals surface area contributed by atoms with Crippen molar-refractivity contribution in [3.63, 3.8) is 0 Å². The molecule has 3 nitrogen and oxygen atoms in total. The Kier molecular flexibility index (Phi) is 4.08. The van der Waals surface area contributed by atoms with Crippen molar-refractivity contribution in [1.82, 2.24) is 10.5 Å². The van der Waals surface area contributed by atoms with Crippen molar-refractivity contribution in [3.8, 4) is 0 Å². The Morgan fingerprint density at radius 3 is 3.27 bits per heavy atom. The fraction of sp³-hybridized carbons (Fsp3) is 0.571. The summed E-state index contributed by atoms with van der Waals surface area (Å²) in [4.78, 5) is 0. The molecular formula is C7H12N2OS. The van der Waals surface area contributed by atoms with Crippen molar-refractivity contribution in [3.05, 3.63) is 18.0 Å². The molecule has 1 rings (SSSR count). The minimum atomic E-state index is 0.778. The fourth-order valence-electron chi connectivity index (χ4n) is 0.719. The quantitative estimate of drug-likeness (QED) is 0.676. The maximum Gasteiger partial charge on any atom is 0.150 e. The van der Waals surface area contributed by atoms with Gasteiger partial charge < -0.3 is 9.84 Å². The molecule has 62 valence electrons. The van der Waals surface area contributed by atoms with E-state index >= 15 is 0 Å². The van der Waals surface area contributed by atoms with Crippen molar-refractivity contribution in [2.24, 2.45) is 0 Å². The normalized spacial score (nSPS) is 10.3. The summed E-state index contributed by atoms with van der Waals surface area (Å²) in [5.41, 5.74) is 0. The number of rotatable bonds is 5. The molecule has 0 aliphatic heterocycles. The Morgan fingerprint density at radius 1 is 1.73 bits per heavy atom. The third kappa shape index (κ3) is 3.43. The van der Waals surface area contributed by atoms with Crippen LogP contribution in [0.25, 0.3) is 0 Å². The average molecular weight is 172 g/mol. The molecule has 0 saturated heterocycles. The van der Waals surface area contributed by atoms with Crippen LogP contribution in [0.1, 0.15) is 5.76 Å². The smallest absolute Gasteiger partial charge is 0.150 e. The average Bonchev–Trinajstić information content (AvgIpc) is 2.50. The second kappa shape index (κ2) is 5.21. The predicted molar refractivity (Wildman–Crippen MR) is 46.6 cm³/mol. The first-order valence-corrected chi connectivity index (χ1v) is 4.92. The molecule has 1 aromatic heterocycles. The van der Waals surface area contributed by atoms with Crippen molar-refractivity contribution in [2.45, 2.75) is 6.54 Å². The molecule has 0 amide bonds. The molecule has 0 aliphatic carbocycles. The van der Waals surface area contributed by atoms with Crippen molar-refractivity contribution in [2.75, 3.05) is 18.6 Å². The van der Waals surface area contributed by atoms with E-state index in [-0.39, 0.29) is 0 Å². The standard InChI is InChI=1S/C7H12N2OS/c1-11-5-4-8-6-7-2-3-9-10-7/h2-3,8H,4-6H2,1H3. The van der Waals surface area contributed by atoms with Gasteiger partial charge in [0.2, 0.25) is 0 Å². The molecule has 0 aliphatic rings. The summed E-state index contributed by atoms with van der Waals surface area (Å²) in [7, 11) is 0. The van der Waals surface area contributed by atoms with Gasteiger partial charge in [-0.25, -0.2) is 0 Å². The SMILES string of the molecule is CSCCNCc1ccno1. The lowest BCUT2D eigenvalue weighted by Crippen LogP contribution is -2.15. The van der Waals surface area contributed by atoms with Crippen molar-refractivity contribution >= 4 is 11.8 Å². The molecule has 0 unspecified atom stereocenters. The lowest BCUT2D eigenvalue weighted by Gasteiger charge is -1.98. The first-order valence-electron chi connectivity index (χ1n) is 3.52. The zero-order valence-electron chi connectivity index (χ0n) is 6.54. The van der Waals surface area contributed by atoms with Crippen LogP contribution < -0.4 is 5.32 Å². The third-order valence-corrected chi connectivity index (χ3v) is 1.89. The van der Waals surface area contributed by atoms with E-state index in [9.17, 15) is 0 Å². The van der Waals surface area contributed by atoms with E-state index in [1.165, 1.54) is 0 Å². The van der Waals surface area contributed by atoms with E-state index in [2.05, 4.69) is 16.7 Å². The molecular weight excluding hydrogens is 160 g/mol. The maximum absolute atomic E-state index is 4.89.